The molecule has 0 aromatic heterocycles. The molecule has 0 bridgehead atoms. The zero-order valence-electron chi connectivity index (χ0n) is 55.8. The molecule has 2 aliphatic rings. The zero-order valence-corrected chi connectivity index (χ0v) is 56.6. The monoisotopic (exact) mass is 1250 g/mol. The number of ether oxygens (including phenoxy) is 5. The SMILES string of the molecule is CCCCCCCCCCCCCCCC(=O)O[C@H]1[C@@H](O[C@H]2O[C@H](CO)[C@@H](O)[C@H](O)[C@H]2OS(=O)(=O)O)O[C@H](CO)[C@@H](O)[C@@H]1OC(=O)[C@@H](C)C[C@@H](C)C[C@@H](C)C[C@@H](C)C[C@@H](C)C[C@@H](C)C[C@@H](C)C[C@@H](C)[C@H](O)CCCCCCCCCCCCCCC. The zero-order chi connectivity index (χ0) is 64.0. The number of carbonyl (C=O) groups is 2. The number of hydrogen-bond acceptors (Lipinski definition) is 16. The molecule has 18 heteroatoms. The maximum atomic E-state index is 14.1. The number of esters is 2. The lowest BCUT2D eigenvalue weighted by atomic mass is 9.80. The lowest BCUT2D eigenvalue weighted by Crippen LogP contribution is -2.65. The van der Waals surface area contributed by atoms with E-state index in [-0.39, 0.29) is 18.4 Å². The first kappa shape index (κ1) is 80.5. The first-order valence-corrected chi connectivity index (χ1v) is 36.3. The van der Waals surface area contributed by atoms with Gasteiger partial charge in [0.25, 0.3) is 0 Å². The second kappa shape index (κ2) is 46.5. The molecule has 510 valence electrons. The van der Waals surface area contributed by atoms with Crippen LogP contribution in [0.4, 0.5) is 0 Å². The van der Waals surface area contributed by atoms with Crippen molar-refractivity contribution in [3.63, 3.8) is 0 Å². The van der Waals surface area contributed by atoms with Crippen molar-refractivity contribution in [1.29, 1.82) is 0 Å². The Balaban J connectivity index is 1.96. The minimum absolute atomic E-state index is 0.0550. The summed E-state index contributed by atoms with van der Waals surface area (Å²) >= 11 is 0. The van der Waals surface area contributed by atoms with Crippen molar-refractivity contribution in [2.75, 3.05) is 13.2 Å². The molecule has 7 N–H and O–H groups in total. The Hall–Kier alpha value is -1.55. The molecule has 0 aromatic rings. The Morgan fingerprint density at radius 2 is 0.814 bits per heavy atom. The van der Waals surface area contributed by atoms with Gasteiger partial charge in [-0.15, -0.1) is 0 Å². The second-order valence-electron chi connectivity index (χ2n) is 27.7. The topological polar surface area (TPSA) is 265 Å². The normalized spacial score (nSPS) is 26.1. The molecule has 2 fully saturated rings. The van der Waals surface area contributed by atoms with Crippen molar-refractivity contribution in [3.05, 3.63) is 0 Å². The van der Waals surface area contributed by atoms with E-state index in [1.807, 2.05) is 0 Å². The summed E-state index contributed by atoms with van der Waals surface area (Å²) in [6.45, 7) is 20.4. The summed E-state index contributed by atoms with van der Waals surface area (Å²) in [5.74, 6) is 0.860. The predicted molar refractivity (Wildman–Crippen MR) is 339 cm³/mol. The van der Waals surface area contributed by atoms with Crippen LogP contribution in [0.5, 0.6) is 0 Å². The summed E-state index contributed by atoms with van der Waals surface area (Å²) < 4.78 is 67.4. The molecule has 0 spiro atoms. The number of carbonyl (C=O) groups excluding carboxylic acids is 2. The van der Waals surface area contributed by atoms with Crippen LogP contribution in [-0.4, -0.2) is 136 Å². The fourth-order valence-electron chi connectivity index (χ4n) is 13.9. The smallest absolute Gasteiger partial charge is 0.397 e. The largest absolute Gasteiger partial charge is 0.455 e. The average molecular weight is 1250 g/mol. The van der Waals surface area contributed by atoms with Crippen molar-refractivity contribution in [3.8, 4) is 0 Å². The van der Waals surface area contributed by atoms with Gasteiger partial charge in [-0.3, -0.25) is 14.1 Å². The molecule has 2 aliphatic heterocycles. The lowest BCUT2D eigenvalue weighted by Gasteiger charge is -2.46. The van der Waals surface area contributed by atoms with E-state index in [1.54, 1.807) is 6.92 Å². The third-order valence-electron chi connectivity index (χ3n) is 18.3. The maximum Gasteiger partial charge on any atom is 0.397 e. The molecule has 2 heterocycles. The molecule has 0 amide bonds. The molecular formula is C68H130O17S. The molecule has 0 unspecified atom stereocenters. The summed E-state index contributed by atoms with van der Waals surface area (Å²) in [7, 11) is -5.32. The van der Waals surface area contributed by atoms with Crippen molar-refractivity contribution in [2.24, 2.45) is 47.3 Å². The molecule has 0 radical (unpaired) electrons. The highest BCUT2D eigenvalue weighted by Crippen LogP contribution is 2.35. The third kappa shape index (κ3) is 34.8. The van der Waals surface area contributed by atoms with Crippen LogP contribution in [0, 0.1) is 47.3 Å². The van der Waals surface area contributed by atoms with Gasteiger partial charge in [0.05, 0.1) is 25.2 Å². The number of rotatable bonds is 52. The van der Waals surface area contributed by atoms with Crippen molar-refractivity contribution >= 4 is 22.3 Å². The first-order chi connectivity index (χ1) is 40.9. The van der Waals surface area contributed by atoms with Crippen LogP contribution < -0.4 is 0 Å². The van der Waals surface area contributed by atoms with E-state index in [9.17, 15) is 53.2 Å². The van der Waals surface area contributed by atoms with Crippen LogP contribution in [0.2, 0.25) is 0 Å². The quantitative estimate of drug-likeness (QED) is 0.0170. The maximum absolute atomic E-state index is 14.1. The summed E-state index contributed by atoms with van der Waals surface area (Å²) in [5.41, 5.74) is 0. The molecule has 0 aliphatic carbocycles. The molecule has 17 nitrogen and oxygen atoms in total. The van der Waals surface area contributed by atoms with E-state index in [2.05, 4.69) is 66.5 Å². The van der Waals surface area contributed by atoms with Gasteiger partial charge in [-0.05, 0) is 99.2 Å². The number of unbranched alkanes of at least 4 members (excludes halogenated alkanes) is 24. The Kier molecular flexibility index (Phi) is 43.6. The third-order valence-corrected chi connectivity index (χ3v) is 18.8. The van der Waals surface area contributed by atoms with Crippen molar-refractivity contribution < 1.29 is 81.1 Å². The fourth-order valence-corrected chi connectivity index (χ4v) is 14.3. The number of aliphatic hydroxyl groups excluding tert-OH is 6. The van der Waals surface area contributed by atoms with E-state index in [1.165, 1.54) is 122 Å². The van der Waals surface area contributed by atoms with Gasteiger partial charge < -0.3 is 54.3 Å². The van der Waals surface area contributed by atoms with Crippen LogP contribution in [0.15, 0.2) is 0 Å². The Bertz CT molecular complexity index is 1810. The van der Waals surface area contributed by atoms with Gasteiger partial charge in [0.2, 0.25) is 6.29 Å². The van der Waals surface area contributed by atoms with Gasteiger partial charge in [0, 0.05) is 6.42 Å². The van der Waals surface area contributed by atoms with Crippen LogP contribution in [0.25, 0.3) is 0 Å². The summed E-state index contributed by atoms with van der Waals surface area (Å²) in [6.07, 6.45) is 20.6. The Morgan fingerprint density at radius 3 is 1.22 bits per heavy atom. The highest BCUT2D eigenvalue weighted by molar-refractivity contribution is 7.80. The van der Waals surface area contributed by atoms with E-state index < -0.39 is 103 Å². The molecule has 2 rings (SSSR count). The van der Waals surface area contributed by atoms with E-state index >= 15 is 0 Å². The van der Waals surface area contributed by atoms with Crippen LogP contribution in [0.1, 0.15) is 294 Å². The number of aliphatic hydroxyl groups is 6. The molecule has 0 saturated carbocycles. The molecule has 86 heavy (non-hydrogen) atoms. The van der Waals surface area contributed by atoms with Crippen LogP contribution in [0.3, 0.4) is 0 Å². The highest BCUT2D eigenvalue weighted by atomic mass is 32.3. The average Bonchev–Trinajstić information content (AvgIpc) is 3.03. The first-order valence-electron chi connectivity index (χ1n) is 34.9. The van der Waals surface area contributed by atoms with Gasteiger partial charge in [0.15, 0.2) is 24.6 Å². The highest BCUT2D eigenvalue weighted by Gasteiger charge is 2.55. The molecule has 2 saturated heterocycles. The summed E-state index contributed by atoms with van der Waals surface area (Å²) in [5, 5.41) is 64.4. The van der Waals surface area contributed by atoms with Crippen molar-refractivity contribution in [2.45, 2.75) is 361 Å². The molecule has 0 aromatic carbocycles. The number of hydrogen-bond donors (Lipinski definition) is 7. The molecule has 19 atom stereocenters. The standard InChI is InChI=1S/C68H130O17S/c1-11-13-15-17-19-21-23-25-27-29-31-33-35-37-56(71)54(9)44-52(7)42-50(5)40-48(3)39-49(4)41-51(6)43-53(8)45-55(10)66(76)83-63-61(74)58(47-70)81-68(84-67-64(85-86(77,78)79)62(75)60(73)57(46-69)80-67)65(63)82-59(72)38-36-34-32-30-28-26-24-22-20-18-16-14-12-2/h48-58,60-65,67-71,73-75H,11-47H2,1-10H3,(H,77,78,79)/t48-,49+,50-,51+,52-,53+,54-,55+,56-,57-,58-,60-,61-,62+,63+,64-,65-,67-,68-/m1/s1. The van der Waals surface area contributed by atoms with Crippen molar-refractivity contribution in [1.82, 2.24) is 0 Å². The molecular weight excluding hydrogens is 1120 g/mol. The van der Waals surface area contributed by atoms with Crippen LogP contribution in [-0.2, 0) is 47.9 Å². The van der Waals surface area contributed by atoms with E-state index in [4.69, 9.17) is 23.7 Å². The van der Waals surface area contributed by atoms with Gasteiger partial charge in [-0.2, -0.15) is 8.42 Å². The Labute approximate surface area is 523 Å². The van der Waals surface area contributed by atoms with E-state index in [0.29, 0.717) is 48.3 Å². The minimum atomic E-state index is -5.32. The lowest BCUT2D eigenvalue weighted by molar-refractivity contribution is -0.374. The van der Waals surface area contributed by atoms with Gasteiger partial charge in [-0.25, -0.2) is 4.18 Å². The van der Waals surface area contributed by atoms with E-state index in [0.717, 1.165) is 83.5 Å². The summed E-state index contributed by atoms with van der Waals surface area (Å²) in [6, 6.07) is 0. The Morgan fingerprint density at radius 1 is 0.453 bits per heavy atom. The van der Waals surface area contributed by atoms with Gasteiger partial charge in [-0.1, -0.05) is 230 Å². The second-order valence-corrected chi connectivity index (χ2v) is 28.7. The summed E-state index contributed by atoms with van der Waals surface area (Å²) in [4.78, 5) is 27.7. The predicted octanol–water partition coefficient (Wildman–Crippen LogP) is 13.7. The fraction of sp³-hybridized carbons (Fsp3) is 0.971. The minimum Gasteiger partial charge on any atom is -0.455 e. The van der Waals surface area contributed by atoms with Gasteiger partial charge >= 0.3 is 22.3 Å². The van der Waals surface area contributed by atoms with Gasteiger partial charge in [0.1, 0.15) is 30.5 Å². The van der Waals surface area contributed by atoms with Crippen LogP contribution >= 0.6 is 0 Å².